The molecule has 0 aromatic carbocycles. The van der Waals surface area contributed by atoms with E-state index in [-0.39, 0.29) is 0 Å². The summed E-state index contributed by atoms with van der Waals surface area (Å²) in [6.07, 6.45) is 5.32. The van der Waals surface area contributed by atoms with E-state index < -0.39 is 0 Å². The van der Waals surface area contributed by atoms with Crippen LogP contribution in [0.25, 0.3) is 0 Å². The number of nitrogens with zero attached hydrogens (tertiary/aromatic N) is 2. The Morgan fingerprint density at radius 1 is 1.35 bits per heavy atom. The molecule has 2 aromatic heterocycles. The molecule has 3 nitrogen and oxygen atoms in total. The number of pyridine rings is 1. The third kappa shape index (κ3) is 3.44. The maximum absolute atomic E-state index is 4.88. The van der Waals surface area contributed by atoms with Gasteiger partial charge in [-0.3, -0.25) is 4.98 Å². The molecule has 106 valence electrons. The van der Waals surface area contributed by atoms with Crippen molar-refractivity contribution in [1.82, 2.24) is 15.3 Å². The van der Waals surface area contributed by atoms with Gasteiger partial charge in [0.25, 0.3) is 0 Å². The molecule has 0 saturated heterocycles. The third-order valence-electron chi connectivity index (χ3n) is 3.47. The van der Waals surface area contributed by atoms with Crippen LogP contribution in [0, 0.1) is 0 Å². The van der Waals surface area contributed by atoms with Gasteiger partial charge in [0.1, 0.15) is 0 Å². The summed E-state index contributed by atoms with van der Waals surface area (Å²) in [4.78, 5) is 10.7. The van der Waals surface area contributed by atoms with Crippen molar-refractivity contribution < 1.29 is 0 Å². The van der Waals surface area contributed by atoms with Gasteiger partial charge in [0.2, 0.25) is 0 Å². The van der Waals surface area contributed by atoms with Crippen molar-refractivity contribution in [2.45, 2.75) is 51.6 Å². The molecule has 2 heterocycles. The summed E-state index contributed by atoms with van der Waals surface area (Å²) in [6, 6.07) is 6.59. The Bertz CT molecular complexity index is 558. The second-order valence-electron chi connectivity index (χ2n) is 5.72. The Morgan fingerprint density at radius 3 is 2.85 bits per heavy atom. The first-order valence-electron chi connectivity index (χ1n) is 7.34. The molecule has 0 atom stereocenters. The minimum atomic E-state index is 0.517. The number of hydrogen-bond donors (Lipinski definition) is 1. The van der Waals surface area contributed by atoms with Crippen LogP contribution >= 0.6 is 11.3 Å². The summed E-state index contributed by atoms with van der Waals surface area (Å²) in [5.74, 6) is 0.715. The van der Waals surface area contributed by atoms with Gasteiger partial charge in [0.05, 0.1) is 10.7 Å². The van der Waals surface area contributed by atoms with E-state index in [9.17, 15) is 0 Å². The van der Waals surface area contributed by atoms with Crippen molar-refractivity contribution >= 4 is 11.3 Å². The lowest BCUT2D eigenvalue weighted by molar-refractivity contribution is 0.590. The largest absolute Gasteiger partial charge is 0.310 e. The van der Waals surface area contributed by atoms with Gasteiger partial charge in [0, 0.05) is 41.7 Å². The number of thiazole rings is 1. The minimum Gasteiger partial charge on any atom is -0.310 e. The van der Waals surface area contributed by atoms with Gasteiger partial charge in [-0.05, 0) is 25.0 Å². The molecule has 1 N–H and O–H groups in total. The highest BCUT2D eigenvalue weighted by Gasteiger charge is 2.29. The Labute approximate surface area is 124 Å². The van der Waals surface area contributed by atoms with Crippen molar-refractivity contribution in [3.05, 3.63) is 45.7 Å². The average Bonchev–Trinajstić information content (AvgIpc) is 3.20. The summed E-state index contributed by atoms with van der Waals surface area (Å²) < 4.78 is 0. The van der Waals surface area contributed by atoms with Crippen LogP contribution in [-0.2, 0) is 13.0 Å². The van der Waals surface area contributed by atoms with Crippen LogP contribution in [-0.4, -0.2) is 16.0 Å². The normalized spacial score (nSPS) is 14.9. The Hall–Kier alpha value is -1.26. The van der Waals surface area contributed by atoms with Crippen molar-refractivity contribution in [1.29, 1.82) is 0 Å². The van der Waals surface area contributed by atoms with Crippen LogP contribution in [0.4, 0.5) is 0 Å². The maximum Gasteiger partial charge on any atom is 0.0991 e. The lowest BCUT2D eigenvalue weighted by Crippen LogP contribution is -2.21. The molecule has 3 rings (SSSR count). The van der Waals surface area contributed by atoms with E-state index in [4.69, 9.17) is 4.98 Å². The zero-order valence-electron chi connectivity index (χ0n) is 12.1. The topological polar surface area (TPSA) is 37.8 Å². The minimum absolute atomic E-state index is 0.517. The standard InChI is InChI=1S/C16H21N3S/c1-11(2)18-10-14-16(12-6-7-12)19-15(20-14)9-13-5-3-4-8-17-13/h3-5,8,11-12,18H,6-7,9-10H2,1-2H3. The van der Waals surface area contributed by atoms with Crippen LogP contribution in [0.1, 0.15) is 53.9 Å². The van der Waals surface area contributed by atoms with E-state index >= 15 is 0 Å². The molecular formula is C16H21N3S. The van der Waals surface area contributed by atoms with E-state index in [2.05, 4.69) is 30.2 Å². The molecule has 0 bridgehead atoms. The molecule has 2 aromatic rings. The maximum atomic E-state index is 4.88. The zero-order valence-corrected chi connectivity index (χ0v) is 12.9. The predicted octanol–water partition coefficient (Wildman–Crippen LogP) is 3.50. The number of hydrogen-bond acceptors (Lipinski definition) is 4. The number of rotatable bonds is 6. The third-order valence-corrected chi connectivity index (χ3v) is 4.54. The van der Waals surface area contributed by atoms with Gasteiger partial charge in [-0.15, -0.1) is 11.3 Å². The molecule has 0 amide bonds. The van der Waals surface area contributed by atoms with Crippen molar-refractivity contribution in [3.8, 4) is 0 Å². The van der Waals surface area contributed by atoms with Crippen molar-refractivity contribution in [2.24, 2.45) is 0 Å². The van der Waals surface area contributed by atoms with Crippen molar-refractivity contribution in [2.75, 3.05) is 0 Å². The molecule has 0 aliphatic heterocycles. The quantitative estimate of drug-likeness (QED) is 0.883. The van der Waals surface area contributed by atoms with Gasteiger partial charge >= 0.3 is 0 Å². The SMILES string of the molecule is CC(C)NCc1sc(Cc2ccccn2)nc1C1CC1. The molecule has 0 radical (unpaired) electrons. The monoisotopic (exact) mass is 287 g/mol. The van der Waals surface area contributed by atoms with Crippen LogP contribution in [0.15, 0.2) is 24.4 Å². The predicted molar refractivity (Wildman–Crippen MR) is 83.1 cm³/mol. The van der Waals surface area contributed by atoms with Crippen LogP contribution < -0.4 is 5.32 Å². The molecule has 1 saturated carbocycles. The average molecular weight is 287 g/mol. The lowest BCUT2D eigenvalue weighted by Gasteiger charge is -2.07. The van der Waals surface area contributed by atoms with E-state index in [1.54, 1.807) is 0 Å². The summed E-state index contributed by atoms with van der Waals surface area (Å²) in [7, 11) is 0. The highest BCUT2D eigenvalue weighted by molar-refractivity contribution is 7.11. The van der Waals surface area contributed by atoms with E-state index in [0.717, 1.165) is 18.7 Å². The lowest BCUT2D eigenvalue weighted by atomic mass is 10.2. The van der Waals surface area contributed by atoms with Gasteiger partial charge in [-0.2, -0.15) is 0 Å². The highest BCUT2D eigenvalue weighted by Crippen LogP contribution is 2.42. The second-order valence-corrected chi connectivity index (χ2v) is 6.89. The van der Waals surface area contributed by atoms with Crippen LogP contribution in [0.3, 0.4) is 0 Å². The fourth-order valence-electron chi connectivity index (χ4n) is 2.25. The van der Waals surface area contributed by atoms with Gasteiger partial charge in [-0.1, -0.05) is 19.9 Å². The molecule has 1 fully saturated rings. The van der Waals surface area contributed by atoms with Gasteiger partial charge in [0.15, 0.2) is 0 Å². The summed E-state index contributed by atoms with van der Waals surface area (Å²) >= 11 is 1.85. The summed E-state index contributed by atoms with van der Waals surface area (Å²) in [5.41, 5.74) is 2.45. The first kappa shape index (κ1) is 13.7. The fraction of sp³-hybridized carbons (Fsp3) is 0.500. The molecule has 4 heteroatoms. The number of aromatic nitrogens is 2. The van der Waals surface area contributed by atoms with Gasteiger partial charge < -0.3 is 5.32 Å². The molecule has 1 aliphatic carbocycles. The Kier molecular flexibility index (Phi) is 4.13. The van der Waals surface area contributed by atoms with Crippen LogP contribution in [0.5, 0.6) is 0 Å². The smallest absolute Gasteiger partial charge is 0.0991 e. The Balaban J connectivity index is 1.76. The first-order valence-corrected chi connectivity index (χ1v) is 8.16. The summed E-state index contributed by atoms with van der Waals surface area (Å²) in [5, 5.41) is 4.72. The Morgan fingerprint density at radius 2 is 2.20 bits per heavy atom. The molecular weight excluding hydrogens is 266 g/mol. The molecule has 1 aliphatic rings. The van der Waals surface area contributed by atoms with E-state index in [1.807, 2.05) is 29.7 Å². The van der Waals surface area contributed by atoms with E-state index in [0.29, 0.717) is 12.0 Å². The molecule has 0 unspecified atom stereocenters. The highest BCUT2D eigenvalue weighted by atomic mass is 32.1. The zero-order chi connectivity index (χ0) is 13.9. The van der Waals surface area contributed by atoms with Crippen molar-refractivity contribution in [3.63, 3.8) is 0 Å². The fourth-order valence-corrected chi connectivity index (χ4v) is 3.37. The molecule has 0 spiro atoms. The van der Waals surface area contributed by atoms with E-state index in [1.165, 1.54) is 28.4 Å². The van der Waals surface area contributed by atoms with Crippen LogP contribution in [0.2, 0.25) is 0 Å². The number of nitrogens with one attached hydrogen (secondary N) is 1. The first-order chi connectivity index (χ1) is 9.72. The second kappa shape index (κ2) is 6.02. The van der Waals surface area contributed by atoms with Gasteiger partial charge in [-0.25, -0.2) is 4.98 Å². The summed E-state index contributed by atoms with van der Waals surface area (Å²) in [6.45, 7) is 5.32. The molecule has 20 heavy (non-hydrogen) atoms.